The molecule has 0 aliphatic carbocycles. The number of nitrogens with one attached hydrogen (secondary N) is 1. The highest BCUT2D eigenvalue weighted by Gasteiger charge is 2.25. The minimum absolute atomic E-state index is 0.209. The molecular formula is C32H43F3N6O2. The minimum Gasteiger partial charge on any atom is -0.495 e. The lowest BCUT2D eigenvalue weighted by atomic mass is 10.1. The third-order valence-corrected chi connectivity index (χ3v) is 6.62. The molecule has 2 aromatic rings. The molecule has 1 aromatic heterocycles. The zero-order valence-corrected chi connectivity index (χ0v) is 25.4. The molecule has 3 rings (SSSR count). The molecule has 8 nitrogen and oxygen atoms in total. The smallest absolute Gasteiger partial charge is 0.392 e. The second kappa shape index (κ2) is 17.1. The molecule has 1 amide bonds. The first-order chi connectivity index (χ1) is 20.5. The third-order valence-electron chi connectivity index (χ3n) is 6.62. The molecule has 0 bridgehead atoms. The van der Waals surface area contributed by atoms with Crippen LogP contribution >= 0.6 is 0 Å². The Morgan fingerprint density at radius 3 is 2.51 bits per heavy atom. The topological polar surface area (TPSA) is 110 Å². The number of benzene rings is 1. The first kappa shape index (κ1) is 35.1. The second-order valence-electron chi connectivity index (χ2n) is 9.79. The lowest BCUT2D eigenvalue weighted by molar-refractivity contribution is -0.125. The Morgan fingerprint density at radius 2 is 1.88 bits per heavy atom. The van der Waals surface area contributed by atoms with Crippen LogP contribution in [0.3, 0.4) is 0 Å². The summed E-state index contributed by atoms with van der Waals surface area (Å²) in [6, 6.07) is 6.96. The van der Waals surface area contributed by atoms with Crippen LogP contribution in [0.15, 0.2) is 78.8 Å². The van der Waals surface area contributed by atoms with Gasteiger partial charge in [0.15, 0.2) is 0 Å². The molecule has 0 spiro atoms. The summed E-state index contributed by atoms with van der Waals surface area (Å²) in [6.07, 6.45) is 5.88. The van der Waals surface area contributed by atoms with Gasteiger partial charge >= 0.3 is 6.18 Å². The van der Waals surface area contributed by atoms with E-state index < -0.39 is 18.5 Å². The number of alkyl halides is 3. The number of hydrogen-bond donors (Lipinski definition) is 3. The normalized spacial score (nSPS) is 14.6. The summed E-state index contributed by atoms with van der Waals surface area (Å²) in [4.78, 5) is 19.3. The van der Waals surface area contributed by atoms with Crippen LogP contribution in [0.2, 0.25) is 0 Å². The number of likely N-dealkylation sites (tertiary alicyclic amines) is 1. The van der Waals surface area contributed by atoms with E-state index in [9.17, 15) is 18.0 Å². The van der Waals surface area contributed by atoms with E-state index in [0.29, 0.717) is 40.5 Å². The number of nitrogens with zero attached hydrogens (tertiary/aromatic N) is 3. The average molecular weight is 601 g/mol. The van der Waals surface area contributed by atoms with Gasteiger partial charge in [-0.25, -0.2) is 5.84 Å². The SMILES string of the molecule is C=CC(=CC/C(=C\CC(F)(F)F)CN1CCCC1)C(=O)Nc1ccc(C)c(N(N)/C=C(\N)c2cncc(OC)c2)c1.CC. The van der Waals surface area contributed by atoms with Gasteiger partial charge in [0.25, 0.3) is 5.91 Å². The molecule has 0 radical (unpaired) electrons. The number of carbonyl (C=O) groups excluding carboxylic acids is 1. The molecule has 1 fully saturated rings. The van der Waals surface area contributed by atoms with Crippen LogP contribution in [-0.2, 0) is 4.79 Å². The van der Waals surface area contributed by atoms with Crippen LogP contribution in [0.4, 0.5) is 24.5 Å². The van der Waals surface area contributed by atoms with Crippen LogP contribution in [0.5, 0.6) is 5.75 Å². The fourth-order valence-corrected chi connectivity index (χ4v) is 4.36. The Bertz CT molecular complexity index is 1310. The van der Waals surface area contributed by atoms with Crippen molar-refractivity contribution in [3.8, 4) is 5.75 Å². The van der Waals surface area contributed by atoms with Crippen molar-refractivity contribution in [1.82, 2.24) is 9.88 Å². The fraction of sp³-hybridized carbons (Fsp3) is 0.375. The number of hydrazine groups is 1. The van der Waals surface area contributed by atoms with E-state index in [-0.39, 0.29) is 12.0 Å². The Labute approximate surface area is 252 Å². The number of carbonyl (C=O) groups is 1. The number of aromatic nitrogens is 1. The Kier molecular flexibility index (Phi) is 14.0. The molecule has 1 aliphatic heterocycles. The summed E-state index contributed by atoms with van der Waals surface area (Å²) in [5.74, 6) is 6.40. The van der Waals surface area contributed by atoms with Crippen molar-refractivity contribution in [2.24, 2.45) is 11.6 Å². The highest BCUT2D eigenvalue weighted by atomic mass is 19.4. The van der Waals surface area contributed by atoms with E-state index >= 15 is 0 Å². The summed E-state index contributed by atoms with van der Waals surface area (Å²) < 4.78 is 43.8. The lowest BCUT2D eigenvalue weighted by Gasteiger charge is -2.19. The third kappa shape index (κ3) is 11.6. The van der Waals surface area contributed by atoms with Gasteiger partial charge in [-0.15, -0.1) is 0 Å². The quantitative estimate of drug-likeness (QED) is 0.0841. The molecular weight excluding hydrogens is 557 g/mol. The highest BCUT2D eigenvalue weighted by molar-refractivity contribution is 6.05. The van der Waals surface area contributed by atoms with Gasteiger partial charge in [0.05, 0.1) is 31.1 Å². The van der Waals surface area contributed by atoms with Gasteiger partial charge in [-0.2, -0.15) is 13.2 Å². The number of pyridine rings is 1. The molecule has 5 N–H and O–H groups in total. The number of ether oxygens (including phenoxy) is 1. The van der Waals surface area contributed by atoms with Gasteiger partial charge in [0.2, 0.25) is 0 Å². The van der Waals surface area contributed by atoms with E-state index in [1.807, 2.05) is 20.8 Å². The van der Waals surface area contributed by atoms with Crippen molar-refractivity contribution in [3.63, 3.8) is 0 Å². The number of aryl methyl sites for hydroxylation is 1. The van der Waals surface area contributed by atoms with Gasteiger partial charge in [0.1, 0.15) is 5.75 Å². The van der Waals surface area contributed by atoms with E-state index in [1.54, 1.807) is 42.7 Å². The number of amides is 1. The van der Waals surface area contributed by atoms with Crippen molar-refractivity contribution in [2.75, 3.05) is 37.1 Å². The summed E-state index contributed by atoms with van der Waals surface area (Å²) >= 11 is 0. The van der Waals surface area contributed by atoms with Crippen LogP contribution < -0.4 is 26.6 Å². The van der Waals surface area contributed by atoms with Crippen molar-refractivity contribution in [3.05, 3.63) is 89.9 Å². The van der Waals surface area contributed by atoms with Gasteiger partial charge in [0, 0.05) is 35.8 Å². The summed E-state index contributed by atoms with van der Waals surface area (Å²) in [6.45, 7) is 11.7. The number of nitrogens with two attached hydrogens (primary N) is 2. The highest BCUT2D eigenvalue weighted by Crippen LogP contribution is 2.26. The van der Waals surface area contributed by atoms with E-state index in [4.69, 9.17) is 16.3 Å². The molecule has 11 heteroatoms. The van der Waals surface area contributed by atoms with Gasteiger partial charge < -0.3 is 15.8 Å². The summed E-state index contributed by atoms with van der Waals surface area (Å²) in [7, 11) is 1.53. The molecule has 1 aromatic carbocycles. The van der Waals surface area contributed by atoms with Crippen molar-refractivity contribution in [1.29, 1.82) is 0 Å². The van der Waals surface area contributed by atoms with Crippen LogP contribution in [0.1, 0.15) is 50.7 Å². The number of methoxy groups -OCH3 is 1. The van der Waals surface area contributed by atoms with Crippen molar-refractivity contribution >= 4 is 23.0 Å². The van der Waals surface area contributed by atoms with Gasteiger partial charge in [-0.1, -0.05) is 50.3 Å². The molecule has 0 atom stereocenters. The molecule has 43 heavy (non-hydrogen) atoms. The van der Waals surface area contributed by atoms with Gasteiger partial charge in [-0.3, -0.25) is 19.7 Å². The Balaban J connectivity index is 0.00000316. The predicted molar refractivity (Wildman–Crippen MR) is 168 cm³/mol. The van der Waals surface area contributed by atoms with Crippen LogP contribution in [0, 0.1) is 6.92 Å². The molecule has 1 saturated heterocycles. The Hall–Kier alpha value is -4.09. The average Bonchev–Trinajstić information content (AvgIpc) is 3.50. The first-order valence-electron chi connectivity index (χ1n) is 14.2. The number of hydrogen-bond acceptors (Lipinski definition) is 7. The number of rotatable bonds is 12. The summed E-state index contributed by atoms with van der Waals surface area (Å²) in [5.41, 5.74) is 9.96. The standard InChI is InChI=1S/C30H37F3N6O2.C2H6/c1-4-23(9-8-22(11-12-30(31,32)33)19-38-13-5-6-14-38)29(40)37-25-10-7-21(2)28(16-25)39(35)20-27(34)24-15-26(41-3)18-36-17-24;1-2/h4,7,9-11,15-18,20H,1,5-6,8,12-14,19,34-35H2,2-3H3,(H,37,40);1-2H3/b22-11+,23-9?,27-20-;. The maximum absolute atomic E-state index is 13.1. The van der Waals surface area contributed by atoms with Crippen LogP contribution in [0.25, 0.3) is 5.70 Å². The Morgan fingerprint density at radius 1 is 1.19 bits per heavy atom. The monoisotopic (exact) mass is 600 g/mol. The predicted octanol–water partition coefficient (Wildman–Crippen LogP) is 6.48. The molecule has 2 heterocycles. The van der Waals surface area contributed by atoms with Crippen molar-refractivity contribution < 1.29 is 22.7 Å². The second-order valence-corrected chi connectivity index (χ2v) is 9.79. The number of halogens is 3. The molecule has 0 unspecified atom stereocenters. The maximum atomic E-state index is 13.1. The fourth-order valence-electron chi connectivity index (χ4n) is 4.36. The van der Waals surface area contributed by atoms with E-state index in [2.05, 4.69) is 21.8 Å². The molecule has 1 aliphatic rings. The molecule has 234 valence electrons. The zero-order chi connectivity index (χ0) is 32.0. The maximum Gasteiger partial charge on any atom is 0.392 e. The number of anilines is 2. The largest absolute Gasteiger partial charge is 0.495 e. The number of allylic oxidation sites excluding steroid dienone is 2. The van der Waals surface area contributed by atoms with E-state index in [0.717, 1.165) is 31.5 Å². The van der Waals surface area contributed by atoms with Crippen LogP contribution in [-0.4, -0.2) is 48.7 Å². The van der Waals surface area contributed by atoms with Gasteiger partial charge in [-0.05, 0) is 63.0 Å². The first-order valence-corrected chi connectivity index (χ1v) is 14.2. The van der Waals surface area contributed by atoms with Crippen molar-refractivity contribution in [2.45, 2.75) is 52.6 Å². The van der Waals surface area contributed by atoms with E-state index in [1.165, 1.54) is 30.5 Å². The minimum atomic E-state index is -4.29. The lowest BCUT2D eigenvalue weighted by Crippen LogP contribution is -2.26. The zero-order valence-electron chi connectivity index (χ0n) is 25.4. The molecule has 0 saturated carbocycles. The summed E-state index contributed by atoms with van der Waals surface area (Å²) in [5, 5.41) is 4.17.